The first-order chi connectivity index (χ1) is 10.8. The standard InChI is InChI=1S/C15H23FN2O4S/c1-5-17(6-2)15(19)11-18(7-3)23(20,21)14-10-12(16)8-9-13(14)22-4/h8-10H,5-7,11H2,1-4H3. The topological polar surface area (TPSA) is 66.9 Å². The van der Waals surface area contributed by atoms with Crippen molar-refractivity contribution in [3.8, 4) is 5.75 Å². The normalized spacial score (nSPS) is 11.6. The third-order valence-electron chi connectivity index (χ3n) is 3.52. The lowest BCUT2D eigenvalue weighted by molar-refractivity contribution is -0.131. The predicted molar refractivity (Wildman–Crippen MR) is 85.3 cm³/mol. The number of hydrogen-bond donors (Lipinski definition) is 0. The van der Waals surface area contributed by atoms with E-state index in [2.05, 4.69) is 0 Å². The second-order valence-corrected chi connectivity index (χ2v) is 6.70. The first-order valence-corrected chi connectivity index (χ1v) is 8.87. The van der Waals surface area contributed by atoms with E-state index < -0.39 is 15.8 Å². The number of methoxy groups -OCH3 is 1. The SMILES string of the molecule is CCN(CC)C(=O)CN(CC)S(=O)(=O)c1cc(F)ccc1OC. The second-order valence-electron chi connectivity index (χ2n) is 4.79. The average molecular weight is 346 g/mol. The molecule has 0 N–H and O–H groups in total. The fourth-order valence-corrected chi connectivity index (χ4v) is 3.75. The lowest BCUT2D eigenvalue weighted by atomic mass is 10.3. The molecule has 0 radical (unpaired) electrons. The van der Waals surface area contributed by atoms with Crippen molar-refractivity contribution in [3.63, 3.8) is 0 Å². The number of amides is 1. The zero-order valence-corrected chi connectivity index (χ0v) is 14.7. The minimum atomic E-state index is -4.04. The summed E-state index contributed by atoms with van der Waals surface area (Å²) in [4.78, 5) is 13.4. The Morgan fingerprint density at radius 3 is 2.26 bits per heavy atom. The fourth-order valence-electron chi connectivity index (χ4n) is 2.19. The summed E-state index contributed by atoms with van der Waals surface area (Å²) in [6.45, 7) is 6.06. The van der Waals surface area contributed by atoms with E-state index in [1.807, 2.05) is 13.8 Å². The maximum absolute atomic E-state index is 13.5. The molecule has 0 atom stereocenters. The molecule has 0 spiro atoms. The Morgan fingerprint density at radius 1 is 1.17 bits per heavy atom. The molecule has 6 nitrogen and oxygen atoms in total. The molecular formula is C15H23FN2O4S. The smallest absolute Gasteiger partial charge is 0.247 e. The molecule has 0 aliphatic carbocycles. The van der Waals surface area contributed by atoms with Crippen molar-refractivity contribution >= 4 is 15.9 Å². The molecule has 23 heavy (non-hydrogen) atoms. The van der Waals surface area contributed by atoms with E-state index in [4.69, 9.17) is 4.74 Å². The maximum Gasteiger partial charge on any atom is 0.247 e. The number of ether oxygens (including phenoxy) is 1. The molecule has 1 aromatic carbocycles. The van der Waals surface area contributed by atoms with Gasteiger partial charge in [0.1, 0.15) is 16.5 Å². The van der Waals surface area contributed by atoms with Crippen molar-refractivity contribution in [2.75, 3.05) is 33.3 Å². The van der Waals surface area contributed by atoms with Gasteiger partial charge in [0, 0.05) is 19.6 Å². The number of rotatable bonds is 8. The van der Waals surface area contributed by atoms with E-state index in [9.17, 15) is 17.6 Å². The van der Waals surface area contributed by atoms with Crippen molar-refractivity contribution in [3.05, 3.63) is 24.0 Å². The molecular weight excluding hydrogens is 323 g/mol. The zero-order valence-electron chi connectivity index (χ0n) is 13.9. The van der Waals surface area contributed by atoms with Gasteiger partial charge in [-0.25, -0.2) is 12.8 Å². The fraction of sp³-hybridized carbons (Fsp3) is 0.533. The van der Waals surface area contributed by atoms with Crippen LogP contribution in [-0.2, 0) is 14.8 Å². The van der Waals surface area contributed by atoms with Crippen molar-refractivity contribution in [1.82, 2.24) is 9.21 Å². The van der Waals surface area contributed by atoms with Crippen LogP contribution in [0.25, 0.3) is 0 Å². The van der Waals surface area contributed by atoms with Gasteiger partial charge in [-0.05, 0) is 32.0 Å². The van der Waals surface area contributed by atoms with Crippen LogP contribution in [-0.4, -0.2) is 56.8 Å². The molecule has 8 heteroatoms. The number of hydrogen-bond acceptors (Lipinski definition) is 4. The number of carbonyl (C=O) groups is 1. The molecule has 1 amide bonds. The molecule has 1 aromatic rings. The van der Waals surface area contributed by atoms with Gasteiger partial charge in [0.15, 0.2) is 0 Å². The molecule has 0 bridgehead atoms. The molecule has 0 aliphatic rings. The number of likely N-dealkylation sites (N-methyl/N-ethyl adjacent to an activating group) is 2. The van der Waals surface area contributed by atoms with Crippen LogP contribution in [0.2, 0.25) is 0 Å². The average Bonchev–Trinajstić information content (AvgIpc) is 2.53. The van der Waals surface area contributed by atoms with E-state index in [0.717, 1.165) is 16.4 Å². The van der Waals surface area contributed by atoms with E-state index in [1.54, 1.807) is 11.8 Å². The Hall–Kier alpha value is -1.67. The van der Waals surface area contributed by atoms with Crippen LogP contribution in [0, 0.1) is 5.82 Å². The third kappa shape index (κ3) is 4.42. The van der Waals surface area contributed by atoms with Crippen LogP contribution in [0.4, 0.5) is 4.39 Å². The van der Waals surface area contributed by atoms with Crippen LogP contribution in [0.1, 0.15) is 20.8 Å². The van der Waals surface area contributed by atoms with Gasteiger partial charge in [-0.3, -0.25) is 4.79 Å². The first kappa shape index (κ1) is 19.4. The van der Waals surface area contributed by atoms with Gasteiger partial charge in [0.2, 0.25) is 15.9 Å². The Morgan fingerprint density at radius 2 is 1.78 bits per heavy atom. The molecule has 130 valence electrons. The summed E-state index contributed by atoms with van der Waals surface area (Å²) < 4.78 is 45.0. The predicted octanol–water partition coefficient (Wildman–Crippen LogP) is 1.71. The largest absolute Gasteiger partial charge is 0.495 e. The zero-order chi connectivity index (χ0) is 17.6. The van der Waals surface area contributed by atoms with Crippen molar-refractivity contribution in [2.24, 2.45) is 0 Å². The monoisotopic (exact) mass is 346 g/mol. The van der Waals surface area contributed by atoms with Crippen LogP contribution in [0.5, 0.6) is 5.75 Å². The Balaban J connectivity index is 3.18. The highest BCUT2D eigenvalue weighted by atomic mass is 32.2. The van der Waals surface area contributed by atoms with Crippen LogP contribution < -0.4 is 4.74 Å². The van der Waals surface area contributed by atoms with Gasteiger partial charge in [-0.15, -0.1) is 0 Å². The Labute approximate surface area is 136 Å². The highest BCUT2D eigenvalue weighted by molar-refractivity contribution is 7.89. The van der Waals surface area contributed by atoms with Gasteiger partial charge >= 0.3 is 0 Å². The highest BCUT2D eigenvalue weighted by Gasteiger charge is 2.29. The van der Waals surface area contributed by atoms with Crippen LogP contribution in [0.15, 0.2) is 23.1 Å². The number of carbonyl (C=O) groups excluding carboxylic acids is 1. The van der Waals surface area contributed by atoms with Gasteiger partial charge in [-0.2, -0.15) is 4.31 Å². The second kappa shape index (κ2) is 8.26. The first-order valence-electron chi connectivity index (χ1n) is 7.43. The summed E-state index contributed by atoms with van der Waals surface area (Å²) in [6, 6.07) is 3.27. The number of sulfonamides is 1. The molecule has 0 aliphatic heterocycles. The molecule has 0 unspecified atom stereocenters. The van der Waals surface area contributed by atoms with E-state index in [1.165, 1.54) is 13.2 Å². The molecule has 0 aromatic heterocycles. The lowest BCUT2D eigenvalue weighted by Crippen LogP contribution is -2.42. The summed E-state index contributed by atoms with van der Waals surface area (Å²) in [6.07, 6.45) is 0. The molecule has 0 saturated carbocycles. The molecule has 1 rings (SSSR count). The van der Waals surface area contributed by atoms with Crippen molar-refractivity contribution < 1.29 is 22.3 Å². The Kier molecular flexibility index (Phi) is 6.96. The number of benzene rings is 1. The summed E-state index contributed by atoms with van der Waals surface area (Å²) >= 11 is 0. The summed E-state index contributed by atoms with van der Waals surface area (Å²) in [5.41, 5.74) is 0. The van der Waals surface area contributed by atoms with Gasteiger partial charge in [0.25, 0.3) is 0 Å². The van der Waals surface area contributed by atoms with Crippen LogP contribution in [0.3, 0.4) is 0 Å². The molecule has 0 heterocycles. The molecule has 0 saturated heterocycles. The van der Waals surface area contributed by atoms with E-state index >= 15 is 0 Å². The molecule has 0 fully saturated rings. The highest BCUT2D eigenvalue weighted by Crippen LogP contribution is 2.27. The minimum absolute atomic E-state index is 0.0418. The summed E-state index contributed by atoms with van der Waals surface area (Å²) in [5.74, 6) is -0.938. The van der Waals surface area contributed by atoms with E-state index in [0.29, 0.717) is 13.1 Å². The summed E-state index contributed by atoms with van der Waals surface area (Å²) in [7, 11) is -2.73. The third-order valence-corrected chi connectivity index (χ3v) is 5.47. The maximum atomic E-state index is 13.5. The van der Waals surface area contributed by atoms with Crippen molar-refractivity contribution in [1.29, 1.82) is 0 Å². The van der Waals surface area contributed by atoms with Crippen LogP contribution >= 0.6 is 0 Å². The summed E-state index contributed by atoms with van der Waals surface area (Å²) in [5, 5.41) is 0. The lowest BCUT2D eigenvalue weighted by Gasteiger charge is -2.25. The van der Waals surface area contributed by atoms with Gasteiger partial charge < -0.3 is 9.64 Å². The van der Waals surface area contributed by atoms with Crippen molar-refractivity contribution in [2.45, 2.75) is 25.7 Å². The van der Waals surface area contributed by atoms with Gasteiger partial charge in [0.05, 0.1) is 13.7 Å². The van der Waals surface area contributed by atoms with E-state index in [-0.39, 0.29) is 29.6 Å². The van der Waals surface area contributed by atoms with Gasteiger partial charge in [-0.1, -0.05) is 6.92 Å². The Bertz CT molecular complexity index is 645. The number of halogens is 1. The number of nitrogens with zero attached hydrogens (tertiary/aromatic N) is 2. The minimum Gasteiger partial charge on any atom is -0.495 e. The quantitative estimate of drug-likeness (QED) is 0.719.